The van der Waals surface area contributed by atoms with Crippen LogP contribution in [0.1, 0.15) is 71.1 Å². The van der Waals surface area contributed by atoms with Crippen molar-refractivity contribution < 1.29 is 18.0 Å². The lowest BCUT2D eigenvalue weighted by atomic mass is 9.96. The van der Waals surface area contributed by atoms with E-state index in [4.69, 9.17) is 11.6 Å². The lowest BCUT2D eigenvalue weighted by Crippen LogP contribution is -2.33. The molecule has 0 spiro atoms. The van der Waals surface area contributed by atoms with E-state index in [0.29, 0.717) is 47.3 Å². The minimum absolute atomic E-state index is 0.217. The van der Waals surface area contributed by atoms with E-state index in [0.717, 1.165) is 17.7 Å². The van der Waals surface area contributed by atoms with Gasteiger partial charge in [-0.2, -0.15) is 13.2 Å². The number of alkyl halides is 3. The number of carbonyl (C=O) groups is 1. The molecule has 0 atom stereocenters. The number of hydrogen-bond donors (Lipinski definition) is 1. The topological polar surface area (TPSA) is 32.3 Å². The summed E-state index contributed by atoms with van der Waals surface area (Å²) in [5.74, 6) is 0.382. The van der Waals surface area contributed by atoms with Crippen molar-refractivity contribution in [2.45, 2.75) is 57.7 Å². The van der Waals surface area contributed by atoms with Gasteiger partial charge in [0.25, 0.3) is 5.91 Å². The van der Waals surface area contributed by atoms with E-state index >= 15 is 0 Å². The van der Waals surface area contributed by atoms with Crippen molar-refractivity contribution in [1.29, 1.82) is 0 Å². The summed E-state index contributed by atoms with van der Waals surface area (Å²) in [6.07, 6.45) is 0.836. The third-order valence-corrected chi connectivity index (χ3v) is 7.21. The molecule has 3 aromatic carbocycles. The molecule has 3 nitrogen and oxygen atoms in total. The molecule has 0 unspecified atom stereocenters. The third kappa shape index (κ3) is 7.07. The first-order valence-corrected chi connectivity index (χ1v) is 13.2. The number of halogens is 4. The van der Waals surface area contributed by atoms with Crippen LogP contribution in [0.15, 0.2) is 66.7 Å². The highest BCUT2D eigenvalue weighted by Crippen LogP contribution is 2.34. The van der Waals surface area contributed by atoms with E-state index in [2.05, 4.69) is 29.6 Å². The maximum Gasteiger partial charge on any atom is 0.416 e. The van der Waals surface area contributed by atoms with Gasteiger partial charge in [-0.1, -0.05) is 66.9 Å². The number of amides is 1. The molecule has 4 rings (SSSR count). The van der Waals surface area contributed by atoms with Crippen LogP contribution >= 0.6 is 11.6 Å². The highest BCUT2D eigenvalue weighted by molar-refractivity contribution is 6.31. The van der Waals surface area contributed by atoms with Gasteiger partial charge in [0.05, 0.1) is 11.1 Å². The molecule has 1 aliphatic rings. The first-order valence-electron chi connectivity index (χ1n) is 12.8. The largest absolute Gasteiger partial charge is 0.416 e. The van der Waals surface area contributed by atoms with Crippen LogP contribution in [0.4, 0.5) is 18.9 Å². The number of nitrogens with one attached hydrogen (secondary N) is 1. The molecular formula is C30H32ClF3N2O. The third-order valence-electron chi connectivity index (χ3n) is 6.97. The number of rotatable bonds is 9. The lowest BCUT2D eigenvalue weighted by Gasteiger charge is -2.25. The maximum absolute atomic E-state index is 13.8. The Morgan fingerprint density at radius 1 is 1.00 bits per heavy atom. The number of hydrogen-bond acceptors (Lipinski definition) is 2. The van der Waals surface area contributed by atoms with Gasteiger partial charge in [-0.25, -0.2) is 0 Å². The van der Waals surface area contributed by atoms with Crippen LogP contribution in [0.2, 0.25) is 5.02 Å². The Morgan fingerprint density at radius 2 is 1.73 bits per heavy atom. The second kappa shape index (κ2) is 12.0. The summed E-state index contributed by atoms with van der Waals surface area (Å²) < 4.78 is 39.7. The second-order valence-corrected chi connectivity index (χ2v) is 10.1. The van der Waals surface area contributed by atoms with Crippen molar-refractivity contribution in [3.05, 3.63) is 99.6 Å². The van der Waals surface area contributed by atoms with E-state index in [1.54, 1.807) is 29.2 Å². The molecule has 37 heavy (non-hydrogen) atoms. The number of carbonyl (C=O) groups excluding carboxylic acids is 1. The minimum atomic E-state index is -4.41. The Bertz CT molecular complexity index is 1200. The molecule has 0 aromatic heterocycles. The Balaban J connectivity index is 1.58. The van der Waals surface area contributed by atoms with E-state index in [-0.39, 0.29) is 12.5 Å². The molecule has 0 aliphatic heterocycles. The van der Waals surface area contributed by atoms with E-state index in [1.165, 1.54) is 37.3 Å². The fraction of sp³-hybridized carbons (Fsp3) is 0.367. The molecule has 1 fully saturated rings. The Kier molecular flexibility index (Phi) is 8.80. The zero-order valence-corrected chi connectivity index (χ0v) is 21.7. The van der Waals surface area contributed by atoms with Crippen LogP contribution in [0, 0.1) is 0 Å². The summed E-state index contributed by atoms with van der Waals surface area (Å²) in [7, 11) is 0. The second-order valence-electron chi connectivity index (χ2n) is 9.62. The molecule has 1 N–H and O–H groups in total. The zero-order valence-electron chi connectivity index (χ0n) is 21.0. The van der Waals surface area contributed by atoms with Gasteiger partial charge in [0.2, 0.25) is 0 Å². The number of benzene rings is 3. The van der Waals surface area contributed by atoms with Gasteiger partial charge >= 0.3 is 6.18 Å². The molecule has 1 saturated carbocycles. The van der Waals surface area contributed by atoms with Crippen molar-refractivity contribution in [2.24, 2.45) is 0 Å². The van der Waals surface area contributed by atoms with Gasteiger partial charge in [0, 0.05) is 30.3 Å². The normalized spacial score (nSPS) is 14.1. The summed E-state index contributed by atoms with van der Waals surface area (Å²) in [6.45, 7) is 3.19. The van der Waals surface area contributed by atoms with Crippen molar-refractivity contribution in [3.8, 4) is 0 Å². The van der Waals surface area contributed by atoms with Crippen LogP contribution in [0.25, 0.3) is 0 Å². The molecule has 0 heterocycles. The van der Waals surface area contributed by atoms with Gasteiger partial charge in [0.15, 0.2) is 0 Å². The van der Waals surface area contributed by atoms with E-state index in [9.17, 15) is 18.0 Å². The van der Waals surface area contributed by atoms with Crippen LogP contribution < -0.4 is 5.32 Å². The zero-order chi connectivity index (χ0) is 26.4. The molecule has 0 radical (unpaired) electrons. The smallest absolute Gasteiger partial charge is 0.385 e. The SMILES string of the molecule is CCNc1ccc(Cl)cc1C(=O)N(CCc1cccc(C(F)(F)F)c1)Cc1ccc(C2CCCC2)cc1. The van der Waals surface area contributed by atoms with Crippen LogP contribution in [-0.4, -0.2) is 23.9 Å². The number of nitrogens with zero attached hydrogens (tertiary/aromatic N) is 1. The summed E-state index contributed by atoms with van der Waals surface area (Å²) in [5.41, 5.74) is 3.27. The molecule has 0 saturated heterocycles. The molecule has 1 amide bonds. The summed E-state index contributed by atoms with van der Waals surface area (Å²) in [5, 5.41) is 3.66. The first-order chi connectivity index (χ1) is 17.7. The highest BCUT2D eigenvalue weighted by atomic mass is 35.5. The lowest BCUT2D eigenvalue weighted by molar-refractivity contribution is -0.137. The van der Waals surface area contributed by atoms with Gasteiger partial charge in [0.1, 0.15) is 0 Å². The van der Waals surface area contributed by atoms with Crippen LogP contribution in [-0.2, 0) is 19.1 Å². The van der Waals surface area contributed by atoms with Gasteiger partial charge in [-0.05, 0) is 73.1 Å². The van der Waals surface area contributed by atoms with E-state index in [1.807, 2.05) is 6.92 Å². The fourth-order valence-corrected chi connectivity index (χ4v) is 5.17. The predicted octanol–water partition coefficient (Wildman–Crippen LogP) is 8.33. The van der Waals surface area contributed by atoms with Gasteiger partial charge in [-0.15, -0.1) is 0 Å². The average Bonchev–Trinajstić information content (AvgIpc) is 3.42. The van der Waals surface area contributed by atoms with Gasteiger partial charge in [-0.3, -0.25) is 4.79 Å². The van der Waals surface area contributed by atoms with Crippen molar-refractivity contribution in [2.75, 3.05) is 18.4 Å². The molecule has 1 aliphatic carbocycles. The summed E-state index contributed by atoms with van der Waals surface area (Å²) in [4.78, 5) is 15.5. The van der Waals surface area contributed by atoms with E-state index < -0.39 is 11.7 Å². The monoisotopic (exact) mass is 528 g/mol. The first kappa shape index (κ1) is 27.1. The predicted molar refractivity (Wildman–Crippen MR) is 143 cm³/mol. The van der Waals surface area contributed by atoms with Crippen LogP contribution in [0.3, 0.4) is 0 Å². The maximum atomic E-state index is 13.8. The molecule has 196 valence electrons. The number of anilines is 1. The van der Waals surface area contributed by atoms with Crippen molar-refractivity contribution in [3.63, 3.8) is 0 Å². The van der Waals surface area contributed by atoms with Crippen molar-refractivity contribution in [1.82, 2.24) is 4.90 Å². The average molecular weight is 529 g/mol. The minimum Gasteiger partial charge on any atom is -0.385 e. The van der Waals surface area contributed by atoms with Gasteiger partial charge < -0.3 is 10.2 Å². The molecule has 0 bridgehead atoms. The Morgan fingerprint density at radius 3 is 2.41 bits per heavy atom. The molecule has 3 aromatic rings. The fourth-order valence-electron chi connectivity index (χ4n) is 5.00. The molecule has 7 heteroatoms. The quantitative estimate of drug-likeness (QED) is 0.303. The highest BCUT2D eigenvalue weighted by Gasteiger charge is 2.30. The summed E-state index contributed by atoms with van der Waals surface area (Å²) in [6, 6.07) is 18.8. The standard InChI is InChI=1S/C30H32ClF3N2O/c1-2-35-28-15-14-26(31)19-27(28)29(37)36(17-16-21-6-5-9-25(18-21)30(32,33)34)20-22-10-12-24(13-11-22)23-7-3-4-8-23/h5-6,9-15,18-19,23,35H,2-4,7-8,16-17,20H2,1H3. The molecular weight excluding hydrogens is 497 g/mol. The Hall–Kier alpha value is -2.99. The van der Waals surface area contributed by atoms with Crippen LogP contribution in [0.5, 0.6) is 0 Å². The Labute approximate surface area is 221 Å². The summed E-state index contributed by atoms with van der Waals surface area (Å²) >= 11 is 6.23. The van der Waals surface area contributed by atoms with Crippen molar-refractivity contribution >= 4 is 23.2 Å².